The Labute approximate surface area is 121 Å². The molecule has 0 aromatic heterocycles. The second kappa shape index (κ2) is 6.04. The van der Waals surface area contributed by atoms with Gasteiger partial charge in [-0.15, -0.1) is 0 Å². The quantitative estimate of drug-likeness (QED) is 0.477. The Morgan fingerprint density at radius 3 is 2.33 bits per heavy atom. The lowest BCUT2D eigenvalue weighted by molar-refractivity contribution is -0.385. The Kier molecular flexibility index (Phi) is 4.18. The van der Waals surface area contributed by atoms with Crippen molar-refractivity contribution in [3.05, 3.63) is 58.1 Å². The first-order valence-corrected chi connectivity index (χ1v) is 6.13. The second-order valence-corrected chi connectivity index (χ2v) is 4.25. The van der Waals surface area contributed by atoms with Crippen LogP contribution in [0, 0.1) is 10.1 Å². The van der Waals surface area contributed by atoms with Crippen molar-refractivity contribution in [3.63, 3.8) is 0 Å². The first-order chi connectivity index (χ1) is 10.0. The summed E-state index contributed by atoms with van der Waals surface area (Å²) < 4.78 is 10.7. The highest BCUT2D eigenvalue weighted by Crippen LogP contribution is 2.37. The lowest BCUT2D eigenvalue weighted by atomic mass is 10.1. The number of carbonyl (C=O) groups is 1. The van der Waals surface area contributed by atoms with Crippen LogP contribution in [-0.4, -0.2) is 17.8 Å². The number of rotatable bonds is 5. The number of Topliss-reactive ketones (excluding diaryl/α,β-unsaturated/α-hetero) is 1. The van der Waals surface area contributed by atoms with Crippen molar-refractivity contribution in [2.24, 2.45) is 0 Å². The predicted molar refractivity (Wildman–Crippen MR) is 76.2 cm³/mol. The highest BCUT2D eigenvalue weighted by molar-refractivity contribution is 5.99. The number of nitrogens with zero attached hydrogens (tertiary/aromatic N) is 1. The molecule has 0 radical (unpaired) electrons. The monoisotopic (exact) mass is 287 g/mol. The minimum absolute atomic E-state index is 0.0164. The molecule has 2 aromatic rings. The highest BCUT2D eigenvalue weighted by Gasteiger charge is 2.22. The number of methoxy groups -OCH3 is 1. The third kappa shape index (κ3) is 3.17. The van der Waals surface area contributed by atoms with E-state index in [1.807, 2.05) is 6.07 Å². The number of ketones is 1. The molecule has 2 rings (SSSR count). The fraction of sp³-hybridized carbons (Fsp3) is 0.133. The van der Waals surface area contributed by atoms with Crippen LogP contribution >= 0.6 is 0 Å². The van der Waals surface area contributed by atoms with Crippen LogP contribution in [0.5, 0.6) is 17.2 Å². The number of benzene rings is 2. The largest absolute Gasteiger partial charge is 0.493 e. The van der Waals surface area contributed by atoms with Crippen molar-refractivity contribution in [3.8, 4) is 17.2 Å². The topological polar surface area (TPSA) is 78.7 Å². The van der Waals surface area contributed by atoms with Crippen molar-refractivity contribution in [1.82, 2.24) is 0 Å². The third-order valence-corrected chi connectivity index (χ3v) is 2.83. The third-order valence-electron chi connectivity index (χ3n) is 2.83. The molecule has 2 aromatic carbocycles. The van der Waals surface area contributed by atoms with E-state index >= 15 is 0 Å². The Balaban J connectivity index is 2.52. The minimum atomic E-state index is -0.617. The zero-order valence-corrected chi connectivity index (χ0v) is 11.5. The van der Waals surface area contributed by atoms with Gasteiger partial charge in [0.05, 0.1) is 23.7 Å². The molecule has 6 nitrogen and oxygen atoms in total. The van der Waals surface area contributed by atoms with Gasteiger partial charge in [-0.25, -0.2) is 0 Å². The van der Waals surface area contributed by atoms with Gasteiger partial charge in [-0.2, -0.15) is 0 Å². The highest BCUT2D eigenvalue weighted by atomic mass is 16.6. The zero-order valence-electron chi connectivity index (χ0n) is 11.5. The van der Waals surface area contributed by atoms with E-state index < -0.39 is 10.7 Å². The van der Waals surface area contributed by atoms with Crippen LogP contribution in [0.3, 0.4) is 0 Å². The van der Waals surface area contributed by atoms with E-state index in [-0.39, 0.29) is 22.7 Å². The molecule has 0 heterocycles. The van der Waals surface area contributed by atoms with Crippen LogP contribution in [-0.2, 0) is 0 Å². The fourth-order valence-electron chi connectivity index (χ4n) is 1.84. The number of ether oxygens (including phenoxy) is 2. The molecule has 0 unspecified atom stereocenters. The summed E-state index contributed by atoms with van der Waals surface area (Å²) in [6.45, 7) is 1.26. The number of nitro groups is 1. The fourth-order valence-corrected chi connectivity index (χ4v) is 1.84. The maximum Gasteiger partial charge on any atom is 0.284 e. The number of para-hydroxylation sites is 1. The Morgan fingerprint density at radius 2 is 1.81 bits per heavy atom. The van der Waals surface area contributed by atoms with Crippen LogP contribution in [0.1, 0.15) is 17.3 Å². The molecule has 0 amide bonds. The Hall–Kier alpha value is -2.89. The number of hydrogen-bond donors (Lipinski definition) is 0. The lowest BCUT2D eigenvalue weighted by Crippen LogP contribution is -2.02. The molecule has 0 atom stereocenters. The van der Waals surface area contributed by atoms with Gasteiger partial charge in [-0.3, -0.25) is 14.9 Å². The van der Waals surface area contributed by atoms with Crippen molar-refractivity contribution < 1.29 is 19.2 Å². The van der Waals surface area contributed by atoms with Gasteiger partial charge in [0.25, 0.3) is 5.69 Å². The van der Waals surface area contributed by atoms with Gasteiger partial charge in [0.2, 0.25) is 0 Å². The zero-order chi connectivity index (χ0) is 15.4. The van der Waals surface area contributed by atoms with Crippen molar-refractivity contribution >= 4 is 11.5 Å². The first-order valence-electron chi connectivity index (χ1n) is 6.13. The SMILES string of the molecule is COc1cc(C(C)=O)c([N+](=O)[O-])cc1Oc1ccccc1. The summed E-state index contributed by atoms with van der Waals surface area (Å²) >= 11 is 0. The first kappa shape index (κ1) is 14.5. The summed E-state index contributed by atoms with van der Waals surface area (Å²) in [5.41, 5.74) is -0.327. The molecule has 6 heteroatoms. The molecule has 0 spiro atoms. The summed E-state index contributed by atoms with van der Waals surface area (Å²) in [4.78, 5) is 22.0. The van der Waals surface area contributed by atoms with E-state index in [4.69, 9.17) is 9.47 Å². The van der Waals surface area contributed by atoms with Crippen LogP contribution in [0.4, 0.5) is 5.69 Å². The van der Waals surface area contributed by atoms with Gasteiger partial charge >= 0.3 is 0 Å². The normalized spacial score (nSPS) is 10.0. The molecule has 21 heavy (non-hydrogen) atoms. The van der Waals surface area contributed by atoms with E-state index in [1.165, 1.54) is 26.2 Å². The van der Waals surface area contributed by atoms with Crippen molar-refractivity contribution in [2.45, 2.75) is 6.92 Å². The van der Waals surface area contributed by atoms with Crippen LogP contribution in [0.2, 0.25) is 0 Å². The number of hydrogen-bond acceptors (Lipinski definition) is 5. The van der Waals surface area contributed by atoms with Gasteiger partial charge in [0, 0.05) is 6.07 Å². The standard InChI is InChI=1S/C15H13NO5/c1-10(17)12-8-14(20-2)15(9-13(12)16(18)19)21-11-6-4-3-5-7-11/h3-9H,1-2H3. The molecule has 0 aliphatic rings. The van der Waals surface area contributed by atoms with E-state index in [0.29, 0.717) is 5.75 Å². The predicted octanol–water partition coefficient (Wildman–Crippen LogP) is 3.60. The molecule has 0 fully saturated rings. The molecule has 0 bridgehead atoms. The van der Waals surface area contributed by atoms with Gasteiger partial charge < -0.3 is 9.47 Å². The molecule has 0 N–H and O–H groups in total. The Morgan fingerprint density at radius 1 is 1.14 bits per heavy atom. The maximum atomic E-state index is 11.5. The average Bonchev–Trinajstić information content (AvgIpc) is 2.47. The summed E-state index contributed by atoms with van der Waals surface area (Å²) in [6.07, 6.45) is 0. The summed E-state index contributed by atoms with van der Waals surface area (Å²) in [5, 5.41) is 11.1. The Bertz CT molecular complexity index is 682. The summed E-state index contributed by atoms with van der Waals surface area (Å²) in [5.74, 6) is 0.544. The molecule has 0 aliphatic heterocycles. The summed E-state index contributed by atoms with van der Waals surface area (Å²) in [6, 6.07) is 11.3. The van der Waals surface area contributed by atoms with Gasteiger partial charge in [-0.1, -0.05) is 18.2 Å². The minimum Gasteiger partial charge on any atom is -0.493 e. The molecular weight excluding hydrogens is 274 g/mol. The molecule has 0 saturated heterocycles. The van der Waals surface area contributed by atoms with Crippen molar-refractivity contribution in [2.75, 3.05) is 7.11 Å². The molecule has 0 saturated carbocycles. The smallest absolute Gasteiger partial charge is 0.284 e. The van der Waals surface area contributed by atoms with Crippen molar-refractivity contribution in [1.29, 1.82) is 0 Å². The van der Waals surface area contributed by atoms with E-state index in [9.17, 15) is 14.9 Å². The average molecular weight is 287 g/mol. The number of nitro benzene ring substituents is 1. The maximum absolute atomic E-state index is 11.5. The molecular formula is C15H13NO5. The van der Waals surface area contributed by atoms with Crippen LogP contribution in [0.15, 0.2) is 42.5 Å². The van der Waals surface area contributed by atoms with Crippen LogP contribution in [0.25, 0.3) is 0 Å². The van der Waals surface area contributed by atoms with E-state index in [0.717, 1.165) is 0 Å². The lowest BCUT2D eigenvalue weighted by Gasteiger charge is -2.11. The van der Waals surface area contributed by atoms with Gasteiger partial charge in [0.1, 0.15) is 5.75 Å². The van der Waals surface area contributed by atoms with E-state index in [1.54, 1.807) is 24.3 Å². The molecule has 108 valence electrons. The van der Waals surface area contributed by atoms with E-state index in [2.05, 4.69) is 0 Å². The summed E-state index contributed by atoms with van der Waals surface area (Å²) in [7, 11) is 1.41. The molecule has 0 aliphatic carbocycles. The second-order valence-electron chi connectivity index (χ2n) is 4.25. The number of carbonyl (C=O) groups excluding carboxylic acids is 1. The van der Waals surface area contributed by atoms with Gasteiger partial charge in [-0.05, 0) is 19.1 Å². The van der Waals surface area contributed by atoms with Gasteiger partial charge in [0.15, 0.2) is 17.3 Å². The van der Waals surface area contributed by atoms with Crippen LogP contribution < -0.4 is 9.47 Å².